The van der Waals surface area contributed by atoms with Gasteiger partial charge in [0.1, 0.15) is 5.75 Å². The van der Waals surface area contributed by atoms with Crippen LogP contribution in [0.3, 0.4) is 0 Å². The van der Waals surface area contributed by atoms with E-state index in [2.05, 4.69) is 5.32 Å². The van der Waals surface area contributed by atoms with Crippen molar-refractivity contribution >= 4 is 11.7 Å². The smallest absolute Gasteiger partial charge is 0.217 e. The van der Waals surface area contributed by atoms with Gasteiger partial charge in [0.25, 0.3) is 0 Å². The number of Topliss-reactive ketones (excluding diaryl/α,β-unsaturated/α-hetero) is 1. The first-order chi connectivity index (χ1) is 7.58. The fourth-order valence-electron chi connectivity index (χ4n) is 2.01. The van der Waals surface area contributed by atoms with Crippen LogP contribution in [-0.4, -0.2) is 22.8 Å². The number of phenolic OH excluding ortho intramolecular Hbond substituents is 1. The lowest BCUT2D eigenvalue weighted by Crippen LogP contribution is -2.42. The van der Waals surface area contributed by atoms with Gasteiger partial charge in [-0.15, -0.1) is 0 Å². The fourth-order valence-corrected chi connectivity index (χ4v) is 2.01. The Morgan fingerprint density at radius 1 is 1.50 bits per heavy atom. The van der Waals surface area contributed by atoms with Crippen LogP contribution in [0.5, 0.6) is 5.75 Å². The number of ketones is 1. The number of hydrogen-bond acceptors (Lipinski definition) is 3. The zero-order valence-corrected chi connectivity index (χ0v) is 8.99. The average Bonchev–Trinajstić information content (AvgIpc) is 2.22. The number of amides is 1. The van der Waals surface area contributed by atoms with Crippen LogP contribution in [0, 0.1) is 0 Å². The number of nitrogens with one attached hydrogen (secondary N) is 1. The van der Waals surface area contributed by atoms with Crippen molar-refractivity contribution in [3.63, 3.8) is 0 Å². The lowest BCUT2D eigenvalue weighted by atomic mass is 9.87. The predicted octanol–water partition coefficient (Wildman–Crippen LogP) is 1.03. The van der Waals surface area contributed by atoms with Gasteiger partial charge in [-0.3, -0.25) is 9.59 Å². The minimum absolute atomic E-state index is 0.0792. The number of carbonyl (C=O) groups excluding carboxylic acids is 2. The molecule has 2 rings (SSSR count). The van der Waals surface area contributed by atoms with Crippen molar-refractivity contribution in [3.05, 3.63) is 29.3 Å². The molecule has 1 aromatic rings. The van der Waals surface area contributed by atoms with Crippen molar-refractivity contribution < 1.29 is 14.7 Å². The number of phenols is 1. The van der Waals surface area contributed by atoms with Gasteiger partial charge in [0, 0.05) is 12.5 Å². The van der Waals surface area contributed by atoms with Crippen LogP contribution < -0.4 is 5.32 Å². The van der Waals surface area contributed by atoms with Crippen LogP contribution in [0.2, 0.25) is 0 Å². The summed E-state index contributed by atoms with van der Waals surface area (Å²) in [4.78, 5) is 22.9. The molecule has 1 amide bonds. The van der Waals surface area contributed by atoms with E-state index >= 15 is 0 Å². The Morgan fingerprint density at radius 3 is 2.94 bits per heavy atom. The second-order valence-electron chi connectivity index (χ2n) is 4.00. The molecule has 0 aliphatic heterocycles. The Bertz CT molecular complexity index is 454. The Labute approximate surface area is 93.3 Å². The summed E-state index contributed by atoms with van der Waals surface area (Å²) >= 11 is 0. The highest BCUT2D eigenvalue weighted by Gasteiger charge is 2.27. The quantitative estimate of drug-likeness (QED) is 0.741. The first-order valence-corrected chi connectivity index (χ1v) is 5.21. The van der Waals surface area contributed by atoms with Crippen LogP contribution in [0.1, 0.15) is 29.3 Å². The first-order valence-electron chi connectivity index (χ1n) is 5.21. The molecule has 0 aromatic heterocycles. The summed E-state index contributed by atoms with van der Waals surface area (Å²) in [6.45, 7) is 1.39. The highest BCUT2D eigenvalue weighted by atomic mass is 16.3. The highest BCUT2D eigenvalue weighted by Crippen LogP contribution is 2.25. The third-order valence-corrected chi connectivity index (χ3v) is 2.76. The van der Waals surface area contributed by atoms with Crippen LogP contribution in [0.4, 0.5) is 0 Å². The van der Waals surface area contributed by atoms with Gasteiger partial charge in [-0.25, -0.2) is 0 Å². The molecule has 1 atom stereocenters. The number of aryl methyl sites for hydroxylation is 1. The van der Waals surface area contributed by atoms with Crippen molar-refractivity contribution in [1.29, 1.82) is 0 Å². The molecular weight excluding hydrogens is 206 g/mol. The average molecular weight is 219 g/mol. The third-order valence-electron chi connectivity index (χ3n) is 2.76. The van der Waals surface area contributed by atoms with Crippen molar-refractivity contribution in [3.8, 4) is 5.75 Å². The molecule has 1 unspecified atom stereocenters. The lowest BCUT2D eigenvalue weighted by Gasteiger charge is -2.23. The molecule has 0 radical (unpaired) electrons. The van der Waals surface area contributed by atoms with E-state index in [1.807, 2.05) is 0 Å². The molecule has 0 saturated carbocycles. The van der Waals surface area contributed by atoms with Gasteiger partial charge >= 0.3 is 0 Å². The maximum absolute atomic E-state index is 12.0. The van der Waals surface area contributed by atoms with Gasteiger partial charge in [0.2, 0.25) is 5.91 Å². The Balaban J connectivity index is 2.30. The zero-order chi connectivity index (χ0) is 11.7. The predicted molar refractivity (Wildman–Crippen MR) is 58.4 cm³/mol. The van der Waals surface area contributed by atoms with Gasteiger partial charge in [-0.05, 0) is 30.5 Å². The highest BCUT2D eigenvalue weighted by molar-refractivity contribution is 6.04. The molecular formula is C12H13NO3. The van der Waals surface area contributed by atoms with Crippen LogP contribution in [-0.2, 0) is 11.2 Å². The molecule has 0 saturated heterocycles. The lowest BCUT2D eigenvalue weighted by molar-refractivity contribution is -0.119. The monoisotopic (exact) mass is 219 g/mol. The number of rotatable bonds is 1. The molecule has 1 aliphatic carbocycles. The van der Waals surface area contributed by atoms with Crippen LogP contribution >= 0.6 is 0 Å². The van der Waals surface area contributed by atoms with E-state index in [4.69, 9.17) is 0 Å². The summed E-state index contributed by atoms with van der Waals surface area (Å²) in [6.07, 6.45) is 1.36. The maximum atomic E-state index is 12.0. The molecule has 0 fully saturated rings. The second-order valence-corrected chi connectivity index (χ2v) is 4.00. The Kier molecular flexibility index (Phi) is 2.64. The Hall–Kier alpha value is -1.84. The molecule has 84 valence electrons. The molecule has 16 heavy (non-hydrogen) atoms. The SMILES string of the molecule is CC(=O)NC1CCc2ccc(O)cc2C1=O. The Morgan fingerprint density at radius 2 is 2.25 bits per heavy atom. The van der Waals surface area contributed by atoms with Gasteiger partial charge in [0.15, 0.2) is 5.78 Å². The molecule has 0 heterocycles. The third kappa shape index (κ3) is 1.91. The molecule has 1 aromatic carbocycles. The van der Waals surface area contributed by atoms with Crippen molar-refractivity contribution in [2.75, 3.05) is 0 Å². The van der Waals surface area contributed by atoms with E-state index in [0.29, 0.717) is 12.0 Å². The van der Waals surface area contributed by atoms with Crippen LogP contribution in [0.25, 0.3) is 0 Å². The molecule has 0 bridgehead atoms. The van der Waals surface area contributed by atoms with Crippen molar-refractivity contribution in [1.82, 2.24) is 5.32 Å². The number of hydrogen-bond donors (Lipinski definition) is 2. The van der Waals surface area contributed by atoms with Gasteiger partial charge < -0.3 is 10.4 Å². The van der Waals surface area contributed by atoms with Gasteiger partial charge in [0.05, 0.1) is 6.04 Å². The summed E-state index contributed by atoms with van der Waals surface area (Å²) in [7, 11) is 0. The number of aromatic hydroxyl groups is 1. The largest absolute Gasteiger partial charge is 0.508 e. The van der Waals surface area contributed by atoms with E-state index in [0.717, 1.165) is 12.0 Å². The topological polar surface area (TPSA) is 66.4 Å². The number of fused-ring (bicyclic) bond motifs is 1. The summed E-state index contributed by atoms with van der Waals surface area (Å²) in [6, 6.07) is 4.34. The summed E-state index contributed by atoms with van der Waals surface area (Å²) in [5.74, 6) is -0.245. The minimum atomic E-state index is -0.452. The second kappa shape index (κ2) is 3.96. The molecule has 2 N–H and O–H groups in total. The fraction of sp³-hybridized carbons (Fsp3) is 0.333. The summed E-state index contributed by atoms with van der Waals surface area (Å²) < 4.78 is 0. The van der Waals surface area contributed by atoms with E-state index in [-0.39, 0.29) is 17.4 Å². The first kappa shape index (κ1) is 10.7. The van der Waals surface area contributed by atoms with Crippen LogP contribution in [0.15, 0.2) is 18.2 Å². The van der Waals surface area contributed by atoms with Crippen molar-refractivity contribution in [2.24, 2.45) is 0 Å². The van der Waals surface area contributed by atoms with E-state index < -0.39 is 6.04 Å². The summed E-state index contributed by atoms with van der Waals surface area (Å²) in [5.41, 5.74) is 1.45. The van der Waals surface area contributed by atoms with E-state index in [1.165, 1.54) is 13.0 Å². The normalized spacial score (nSPS) is 19.1. The molecule has 1 aliphatic rings. The maximum Gasteiger partial charge on any atom is 0.217 e. The number of benzene rings is 1. The standard InChI is InChI=1S/C12H13NO3/c1-7(14)13-11-5-3-8-2-4-9(15)6-10(8)12(11)16/h2,4,6,11,15H,3,5H2,1H3,(H,13,14). The minimum Gasteiger partial charge on any atom is -0.508 e. The number of carbonyl (C=O) groups is 2. The summed E-state index contributed by atoms with van der Waals surface area (Å²) in [5, 5.41) is 12.0. The molecule has 0 spiro atoms. The zero-order valence-electron chi connectivity index (χ0n) is 8.99. The van der Waals surface area contributed by atoms with Gasteiger partial charge in [-0.1, -0.05) is 6.07 Å². The van der Waals surface area contributed by atoms with E-state index in [1.54, 1.807) is 12.1 Å². The molecule has 4 nitrogen and oxygen atoms in total. The van der Waals surface area contributed by atoms with Crippen molar-refractivity contribution in [2.45, 2.75) is 25.8 Å². The van der Waals surface area contributed by atoms with Gasteiger partial charge in [-0.2, -0.15) is 0 Å². The van der Waals surface area contributed by atoms with E-state index in [9.17, 15) is 14.7 Å². The molecule has 4 heteroatoms.